The minimum atomic E-state index is -3.00. The standard InChI is InChI=1S/C18H38O13.C3H8O4.CH4O.3Y/c1-12(21-5)14(13(2)22-6)28-18(27-11,30-16(4,24-8)25-9)31-17(20,26-10)29-15(3,19)23-7;1-6-3(4,5)7-2;1-2;;;/h12-14,19-20H,1-11H3;4-5H,1-2H3;2H,1H3;;;/t12-,13+,14?,15-,17-,18+;;;;;/m0...../s1. The summed E-state index contributed by atoms with van der Waals surface area (Å²) in [5, 5.41) is 44.2. The molecule has 6 atom stereocenters. The van der Waals surface area contributed by atoms with Crippen LogP contribution in [0.25, 0.3) is 0 Å². The quantitative estimate of drug-likeness (QED) is 0.0958. The van der Waals surface area contributed by atoms with Crippen molar-refractivity contribution in [1.29, 1.82) is 0 Å². The van der Waals surface area contributed by atoms with Crippen molar-refractivity contribution >= 4 is 0 Å². The Balaban J connectivity index is -0.000000249. The number of hydrogen-bond donors (Lipinski definition) is 5. The molecule has 0 rings (SSSR count). The van der Waals surface area contributed by atoms with Crippen molar-refractivity contribution < 1.29 is 185 Å². The molecule has 0 bridgehead atoms. The van der Waals surface area contributed by atoms with Crippen molar-refractivity contribution in [3.05, 3.63) is 0 Å². The van der Waals surface area contributed by atoms with Crippen molar-refractivity contribution in [2.24, 2.45) is 0 Å². The average molecular weight is 869 g/mol. The van der Waals surface area contributed by atoms with E-state index >= 15 is 0 Å². The zero-order valence-corrected chi connectivity index (χ0v) is 36.0. The Bertz CT molecular complexity index is 618. The van der Waals surface area contributed by atoms with Crippen LogP contribution < -0.4 is 0 Å². The van der Waals surface area contributed by atoms with E-state index in [0.717, 1.165) is 49.6 Å². The topological polar surface area (TPSA) is 221 Å². The molecule has 0 saturated carbocycles. The van der Waals surface area contributed by atoms with E-state index in [1.807, 2.05) is 0 Å². The number of aliphatic hydroxyl groups is 5. The molecule has 1 unspecified atom stereocenters. The van der Waals surface area contributed by atoms with Gasteiger partial charge in [-0.25, -0.2) is 14.2 Å². The molecule has 0 aromatic heterocycles. The summed E-state index contributed by atoms with van der Waals surface area (Å²) in [6.07, 6.45) is -10.1. The van der Waals surface area contributed by atoms with Crippen LogP contribution in [0.15, 0.2) is 0 Å². The molecule has 5 N–H and O–H groups in total. The maximum atomic E-state index is 10.7. The van der Waals surface area contributed by atoms with Crippen molar-refractivity contribution in [2.75, 3.05) is 71.1 Å². The van der Waals surface area contributed by atoms with E-state index in [1.165, 1.54) is 35.4 Å². The van der Waals surface area contributed by atoms with E-state index in [1.54, 1.807) is 13.8 Å². The average Bonchev–Trinajstić information content (AvgIpc) is 2.95. The third kappa shape index (κ3) is 23.6. The van der Waals surface area contributed by atoms with Crippen LogP contribution in [0.5, 0.6) is 0 Å². The van der Waals surface area contributed by atoms with E-state index < -0.39 is 48.7 Å². The fraction of sp³-hybridized carbons (Fsp3) is 1.00. The van der Waals surface area contributed by atoms with Crippen molar-refractivity contribution in [3.63, 3.8) is 0 Å². The molecule has 0 heterocycles. The van der Waals surface area contributed by atoms with Crippen molar-refractivity contribution in [1.82, 2.24) is 0 Å². The maximum absolute atomic E-state index is 10.7. The molecular formula is C22H50O18Y3. The van der Waals surface area contributed by atoms with E-state index in [2.05, 4.69) is 9.47 Å². The summed E-state index contributed by atoms with van der Waals surface area (Å²) < 4.78 is 65.9. The molecule has 18 nitrogen and oxygen atoms in total. The molecule has 0 fully saturated rings. The summed E-state index contributed by atoms with van der Waals surface area (Å²) in [6, 6.07) is 0. The van der Waals surface area contributed by atoms with Gasteiger partial charge in [-0.15, -0.1) is 0 Å². The second-order valence-corrected chi connectivity index (χ2v) is 7.53. The molecule has 0 spiro atoms. The first kappa shape index (κ1) is 57.8. The Hall–Kier alpha value is 2.59. The zero-order valence-electron chi connectivity index (χ0n) is 27.5. The third-order valence-electron chi connectivity index (χ3n) is 4.99. The number of aliphatic hydroxyl groups excluding tert-OH is 1. The molecule has 0 amide bonds. The van der Waals surface area contributed by atoms with E-state index in [9.17, 15) is 10.2 Å². The first-order valence-corrected chi connectivity index (χ1v) is 11.4. The number of methoxy groups -OCH3 is 9. The summed E-state index contributed by atoms with van der Waals surface area (Å²) in [6.45, 7) is 5.84. The van der Waals surface area contributed by atoms with Gasteiger partial charge in [0.05, 0.1) is 12.2 Å². The van der Waals surface area contributed by atoms with Gasteiger partial charge < -0.3 is 68.2 Å². The molecule has 0 aromatic rings. The van der Waals surface area contributed by atoms with Gasteiger partial charge in [-0.05, 0) is 13.8 Å². The summed E-state index contributed by atoms with van der Waals surface area (Å²) in [5.74, 6) is -4.14. The minimum Gasteiger partial charge on any atom is -0.400 e. The van der Waals surface area contributed by atoms with Gasteiger partial charge in [-0.2, -0.15) is 0 Å². The molecule has 0 aliphatic heterocycles. The molecule has 0 aliphatic rings. The second-order valence-electron chi connectivity index (χ2n) is 7.53. The van der Waals surface area contributed by atoms with E-state index in [-0.39, 0.29) is 98.1 Å². The predicted octanol–water partition coefficient (Wildman–Crippen LogP) is -1.25. The summed E-state index contributed by atoms with van der Waals surface area (Å²) in [7, 11) is 12.0. The van der Waals surface area contributed by atoms with Crippen molar-refractivity contribution in [2.45, 2.75) is 76.4 Å². The predicted molar refractivity (Wildman–Crippen MR) is 132 cm³/mol. The van der Waals surface area contributed by atoms with Gasteiger partial charge >= 0.3 is 18.5 Å². The Kier molecular flexibility index (Phi) is 38.2. The Morgan fingerprint density at radius 2 is 0.907 bits per heavy atom. The molecule has 3 radical (unpaired) electrons. The van der Waals surface area contributed by atoms with Crippen LogP contribution >= 0.6 is 0 Å². The summed E-state index contributed by atoms with van der Waals surface area (Å²) in [4.78, 5) is 0. The van der Waals surface area contributed by atoms with Gasteiger partial charge in [0.15, 0.2) is 0 Å². The second kappa shape index (κ2) is 28.4. The molecule has 0 saturated heterocycles. The Morgan fingerprint density at radius 1 is 0.512 bits per heavy atom. The number of hydrogen-bond acceptors (Lipinski definition) is 18. The van der Waals surface area contributed by atoms with Crippen LogP contribution in [0.2, 0.25) is 0 Å². The van der Waals surface area contributed by atoms with Crippen LogP contribution in [0, 0.1) is 0 Å². The molecule has 0 aliphatic carbocycles. The van der Waals surface area contributed by atoms with Crippen LogP contribution in [0.1, 0.15) is 27.7 Å². The Labute approximate surface area is 329 Å². The summed E-state index contributed by atoms with van der Waals surface area (Å²) in [5.41, 5.74) is 0. The summed E-state index contributed by atoms with van der Waals surface area (Å²) >= 11 is 0. The largest absolute Gasteiger partial charge is 0.423 e. The monoisotopic (exact) mass is 869 g/mol. The fourth-order valence-corrected chi connectivity index (χ4v) is 2.23. The first-order valence-electron chi connectivity index (χ1n) is 11.4. The smallest absolute Gasteiger partial charge is 0.400 e. The van der Waals surface area contributed by atoms with Crippen LogP contribution in [0.3, 0.4) is 0 Å². The molecule has 21 heteroatoms. The minimum absolute atomic E-state index is 0. The number of rotatable bonds is 19. The van der Waals surface area contributed by atoms with Gasteiger partial charge in [-0.3, -0.25) is 4.74 Å². The fourth-order valence-electron chi connectivity index (χ4n) is 2.23. The van der Waals surface area contributed by atoms with Crippen molar-refractivity contribution in [3.8, 4) is 0 Å². The molecular weight excluding hydrogens is 819 g/mol. The van der Waals surface area contributed by atoms with Gasteiger partial charge in [0.2, 0.25) is 0 Å². The number of ether oxygens (including phenoxy) is 13. The molecule has 0 aromatic carbocycles. The van der Waals surface area contributed by atoms with Gasteiger partial charge in [0.1, 0.15) is 6.10 Å². The third-order valence-corrected chi connectivity index (χ3v) is 4.99. The van der Waals surface area contributed by atoms with Gasteiger partial charge in [-0.1, -0.05) is 0 Å². The van der Waals surface area contributed by atoms with E-state index in [4.69, 9.17) is 67.4 Å². The van der Waals surface area contributed by atoms with Crippen LogP contribution in [0.4, 0.5) is 0 Å². The molecule has 43 heavy (non-hydrogen) atoms. The van der Waals surface area contributed by atoms with Crippen LogP contribution in [-0.2, 0) is 160 Å². The first-order chi connectivity index (χ1) is 18.4. The van der Waals surface area contributed by atoms with Gasteiger partial charge in [0, 0.05) is 183 Å². The Morgan fingerprint density at radius 3 is 1.14 bits per heavy atom. The van der Waals surface area contributed by atoms with Crippen LogP contribution in [-0.4, -0.2) is 145 Å². The van der Waals surface area contributed by atoms with E-state index in [0.29, 0.717) is 0 Å². The normalized spacial score (nSPS) is 17.7. The maximum Gasteiger partial charge on any atom is 0.423 e. The SMILES string of the molecule is CO.COC(O)(O)OC.CO[C@@H](C)C(O[C@](OC)(OC(C)(OC)OC)O[C@@](O)(OC)O[C@@](C)(O)OC)[C@@H](C)OC.[Y].[Y].[Y]. The molecule has 255 valence electrons. The zero-order chi connectivity index (χ0) is 32.4. The van der Waals surface area contributed by atoms with Gasteiger partial charge in [0.25, 0.3) is 11.9 Å².